The van der Waals surface area contributed by atoms with Crippen LogP contribution < -0.4 is 5.32 Å². The van der Waals surface area contributed by atoms with E-state index in [9.17, 15) is 0 Å². The second-order valence-corrected chi connectivity index (χ2v) is 5.02. The van der Waals surface area contributed by atoms with Crippen molar-refractivity contribution in [2.45, 2.75) is 31.9 Å². The lowest BCUT2D eigenvalue weighted by molar-refractivity contribution is 0.282. The van der Waals surface area contributed by atoms with Crippen molar-refractivity contribution >= 4 is 0 Å². The van der Waals surface area contributed by atoms with Gasteiger partial charge < -0.3 is 15.0 Å². The van der Waals surface area contributed by atoms with E-state index in [0.717, 1.165) is 17.8 Å². The highest BCUT2D eigenvalue weighted by atomic mass is 16.3. The molecule has 0 aliphatic carbocycles. The molecule has 0 spiro atoms. The van der Waals surface area contributed by atoms with Crippen LogP contribution in [0.25, 0.3) is 5.69 Å². The van der Waals surface area contributed by atoms with Crippen LogP contribution in [0.2, 0.25) is 0 Å². The highest BCUT2D eigenvalue weighted by Gasteiger charge is 2.18. The number of nitrogens with zero attached hydrogens (tertiary/aromatic N) is 2. The van der Waals surface area contributed by atoms with Gasteiger partial charge in [0.2, 0.25) is 0 Å². The topological polar surface area (TPSA) is 50.1 Å². The number of hydrogen-bond donors (Lipinski definition) is 2. The molecule has 0 radical (unpaired) electrons. The first-order valence-corrected chi connectivity index (χ1v) is 6.84. The first kappa shape index (κ1) is 12.4. The van der Waals surface area contributed by atoms with E-state index in [1.165, 1.54) is 25.0 Å². The molecule has 1 atom stereocenters. The van der Waals surface area contributed by atoms with Crippen molar-refractivity contribution < 1.29 is 5.11 Å². The smallest absolute Gasteiger partial charge is 0.0994 e. The molecular formula is C15H19N3O. The maximum Gasteiger partial charge on any atom is 0.0994 e. The molecule has 0 bridgehead atoms. The summed E-state index contributed by atoms with van der Waals surface area (Å²) in [4.78, 5) is 4.29. The van der Waals surface area contributed by atoms with E-state index in [-0.39, 0.29) is 6.61 Å². The van der Waals surface area contributed by atoms with Gasteiger partial charge in [-0.2, -0.15) is 0 Å². The van der Waals surface area contributed by atoms with Gasteiger partial charge in [0.25, 0.3) is 0 Å². The third kappa shape index (κ3) is 2.55. The van der Waals surface area contributed by atoms with E-state index < -0.39 is 0 Å². The Morgan fingerprint density at radius 3 is 2.79 bits per heavy atom. The van der Waals surface area contributed by atoms with E-state index in [0.29, 0.717) is 6.04 Å². The zero-order chi connectivity index (χ0) is 13.1. The van der Waals surface area contributed by atoms with Gasteiger partial charge in [-0.05, 0) is 37.1 Å². The molecule has 2 aromatic rings. The molecule has 4 heteroatoms. The average molecular weight is 257 g/mol. The van der Waals surface area contributed by atoms with Gasteiger partial charge in [0.05, 0.1) is 24.8 Å². The summed E-state index contributed by atoms with van der Waals surface area (Å²) in [5.74, 6) is 0. The Labute approximate surface area is 113 Å². The minimum atomic E-state index is 0.0846. The first-order chi connectivity index (χ1) is 9.38. The van der Waals surface area contributed by atoms with Crippen LogP contribution in [0.4, 0.5) is 0 Å². The first-order valence-electron chi connectivity index (χ1n) is 6.84. The van der Waals surface area contributed by atoms with E-state index >= 15 is 0 Å². The Balaban J connectivity index is 1.89. The monoisotopic (exact) mass is 257 g/mol. The number of aromatic nitrogens is 2. The molecule has 4 nitrogen and oxygen atoms in total. The van der Waals surface area contributed by atoms with Crippen molar-refractivity contribution in [2.24, 2.45) is 0 Å². The quantitative estimate of drug-likeness (QED) is 0.886. The number of benzene rings is 1. The molecular weight excluding hydrogens is 238 g/mol. The standard InChI is InChI=1S/C15H19N3O/c19-10-12-4-6-13(7-5-12)18-11-16-9-15(18)14-3-1-2-8-17-14/h4-7,9,11,14,17,19H,1-3,8,10H2. The highest BCUT2D eigenvalue weighted by molar-refractivity contribution is 5.36. The van der Waals surface area contributed by atoms with Crippen LogP contribution in [0.5, 0.6) is 0 Å². The Hall–Kier alpha value is -1.65. The molecule has 0 amide bonds. The van der Waals surface area contributed by atoms with Crippen molar-refractivity contribution in [3.8, 4) is 5.69 Å². The van der Waals surface area contributed by atoms with Crippen LogP contribution in [0, 0.1) is 0 Å². The zero-order valence-electron chi connectivity index (χ0n) is 10.9. The summed E-state index contributed by atoms with van der Waals surface area (Å²) >= 11 is 0. The maximum absolute atomic E-state index is 9.09. The second kappa shape index (κ2) is 5.55. The van der Waals surface area contributed by atoms with E-state index in [2.05, 4.69) is 14.9 Å². The molecule has 1 aliphatic heterocycles. The van der Waals surface area contributed by atoms with Crippen LogP contribution in [0.1, 0.15) is 36.6 Å². The Morgan fingerprint density at radius 2 is 2.11 bits per heavy atom. The summed E-state index contributed by atoms with van der Waals surface area (Å²) in [7, 11) is 0. The van der Waals surface area contributed by atoms with Gasteiger partial charge >= 0.3 is 0 Å². The minimum absolute atomic E-state index is 0.0846. The molecule has 2 heterocycles. The number of piperidine rings is 1. The fraction of sp³-hybridized carbons (Fsp3) is 0.400. The lowest BCUT2D eigenvalue weighted by Gasteiger charge is -2.24. The SMILES string of the molecule is OCc1ccc(-n2cncc2C2CCCCN2)cc1. The lowest BCUT2D eigenvalue weighted by Crippen LogP contribution is -2.28. The molecule has 1 aromatic heterocycles. The van der Waals surface area contributed by atoms with E-state index in [1.807, 2.05) is 36.8 Å². The van der Waals surface area contributed by atoms with Crippen LogP contribution in [0.15, 0.2) is 36.8 Å². The summed E-state index contributed by atoms with van der Waals surface area (Å²) in [5, 5.41) is 12.6. The van der Waals surface area contributed by atoms with Crippen LogP contribution in [0.3, 0.4) is 0 Å². The molecule has 2 N–H and O–H groups in total. The lowest BCUT2D eigenvalue weighted by atomic mass is 10.0. The minimum Gasteiger partial charge on any atom is -0.392 e. The van der Waals surface area contributed by atoms with Crippen molar-refractivity contribution in [2.75, 3.05) is 6.54 Å². The summed E-state index contributed by atoms with van der Waals surface area (Å²) in [6, 6.07) is 8.36. The summed E-state index contributed by atoms with van der Waals surface area (Å²) in [5.41, 5.74) is 3.25. The predicted molar refractivity (Wildman–Crippen MR) is 74.1 cm³/mol. The van der Waals surface area contributed by atoms with Gasteiger partial charge in [0.15, 0.2) is 0 Å². The molecule has 1 aliphatic rings. The maximum atomic E-state index is 9.09. The number of aliphatic hydroxyl groups is 1. The second-order valence-electron chi connectivity index (χ2n) is 5.02. The summed E-state index contributed by atoms with van der Waals surface area (Å²) < 4.78 is 2.13. The van der Waals surface area contributed by atoms with E-state index in [1.54, 1.807) is 0 Å². The largest absolute Gasteiger partial charge is 0.392 e. The summed E-state index contributed by atoms with van der Waals surface area (Å²) in [6.45, 7) is 1.17. The third-order valence-electron chi connectivity index (χ3n) is 3.73. The van der Waals surface area contributed by atoms with Crippen molar-refractivity contribution in [1.29, 1.82) is 0 Å². The van der Waals surface area contributed by atoms with Crippen molar-refractivity contribution in [3.05, 3.63) is 48.0 Å². The number of nitrogens with one attached hydrogen (secondary N) is 1. The fourth-order valence-corrected chi connectivity index (χ4v) is 2.65. The predicted octanol–water partition coefficient (Wildman–Crippen LogP) is 2.18. The average Bonchev–Trinajstić information content (AvgIpc) is 2.98. The van der Waals surface area contributed by atoms with Crippen molar-refractivity contribution in [3.63, 3.8) is 0 Å². The molecule has 3 rings (SSSR count). The molecule has 1 unspecified atom stereocenters. The number of imidazole rings is 1. The molecule has 1 fully saturated rings. The normalized spacial score (nSPS) is 19.5. The molecule has 100 valence electrons. The number of rotatable bonds is 3. The Morgan fingerprint density at radius 1 is 1.26 bits per heavy atom. The molecule has 1 aromatic carbocycles. The Bertz CT molecular complexity index is 527. The molecule has 1 saturated heterocycles. The van der Waals surface area contributed by atoms with Gasteiger partial charge in [-0.1, -0.05) is 18.6 Å². The van der Waals surface area contributed by atoms with Gasteiger partial charge in [-0.15, -0.1) is 0 Å². The van der Waals surface area contributed by atoms with Gasteiger partial charge in [-0.3, -0.25) is 0 Å². The van der Waals surface area contributed by atoms with Gasteiger partial charge in [0.1, 0.15) is 0 Å². The molecule has 0 saturated carbocycles. The van der Waals surface area contributed by atoms with Crippen LogP contribution in [-0.2, 0) is 6.61 Å². The summed E-state index contributed by atoms with van der Waals surface area (Å²) in [6.07, 6.45) is 7.51. The molecule has 19 heavy (non-hydrogen) atoms. The Kier molecular flexibility index (Phi) is 3.62. The number of hydrogen-bond acceptors (Lipinski definition) is 3. The number of aliphatic hydroxyl groups excluding tert-OH is 1. The van der Waals surface area contributed by atoms with Crippen LogP contribution >= 0.6 is 0 Å². The van der Waals surface area contributed by atoms with Crippen molar-refractivity contribution in [1.82, 2.24) is 14.9 Å². The fourth-order valence-electron chi connectivity index (χ4n) is 2.65. The van der Waals surface area contributed by atoms with E-state index in [4.69, 9.17) is 5.11 Å². The van der Waals surface area contributed by atoms with Gasteiger partial charge in [-0.25, -0.2) is 4.98 Å². The van der Waals surface area contributed by atoms with Gasteiger partial charge in [0, 0.05) is 11.7 Å². The third-order valence-corrected chi connectivity index (χ3v) is 3.73. The zero-order valence-corrected chi connectivity index (χ0v) is 10.9. The highest BCUT2D eigenvalue weighted by Crippen LogP contribution is 2.25. The van der Waals surface area contributed by atoms with Crippen LogP contribution in [-0.4, -0.2) is 21.2 Å².